The molecule has 1 unspecified atom stereocenters. The van der Waals surface area contributed by atoms with E-state index in [0.717, 1.165) is 12.8 Å². The first-order chi connectivity index (χ1) is 11.4. The lowest BCUT2D eigenvalue weighted by atomic mass is 9.98. The number of hydrogen-bond acceptors (Lipinski definition) is 4. The molecule has 1 heterocycles. The van der Waals surface area contributed by atoms with Crippen molar-refractivity contribution in [3.05, 3.63) is 24.3 Å². The first-order valence-electron chi connectivity index (χ1n) is 8.04. The molecule has 2 N–H and O–H groups in total. The second kappa shape index (κ2) is 6.14. The molecule has 1 fully saturated rings. The lowest BCUT2D eigenvalue weighted by Crippen LogP contribution is -2.56. The summed E-state index contributed by atoms with van der Waals surface area (Å²) in [5.74, 6) is -1.28. The van der Waals surface area contributed by atoms with E-state index in [0.29, 0.717) is 24.3 Å². The van der Waals surface area contributed by atoms with E-state index >= 15 is 0 Å². The molecule has 24 heavy (non-hydrogen) atoms. The molecule has 1 saturated carbocycles. The van der Waals surface area contributed by atoms with Crippen LogP contribution in [0.1, 0.15) is 32.6 Å². The number of fused-ring (bicyclic) bond motifs is 1. The van der Waals surface area contributed by atoms with Crippen molar-refractivity contribution in [2.75, 3.05) is 11.4 Å². The van der Waals surface area contributed by atoms with E-state index in [2.05, 4.69) is 5.32 Å². The quantitative estimate of drug-likeness (QED) is 0.867. The molecule has 1 aliphatic carbocycles. The van der Waals surface area contributed by atoms with Gasteiger partial charge in [0.05, 0.1) is 5.69 Å². The second-order valence-corrected chi connectivity index (χ2v) is 6.29. The Morgan fingerprint density at radius 1 is 1.33 bits per heavy atom. The average molecular weight is 332 g/mol. The summed E-state index contributed by atoms with van der Waals surface area (Å²) in [5.41, 5.74) is -0.691. The zero-order chi connectivity index (χ0) is 17.3. The van der Waals surface area contributed by atoms with Gasteiger partial charge in [-0.2, -0.15) is 0 Å². The van der Waals surface area contributed by atoms with Crippen LogP contribution in [0, 0.1) is 0 Å². The maximum absolute atomic E-state index is 12.4. The van der Waals surface area contributed by atoms with Gasteiger partial charge in [0.2, 0.25) is 5.91 Å². The number of para-hydroxylation sites is 2. The second-order valence-electron chi connectivity index (χ2n) is 6.29. The fourth-order valence-corrected chi connectivity index (χ4v) is 3.34. The zero-order valence-corrected chi connectivity index (χ0v) is 13.4. The van der Waals surface area contributed by atoms with Crippen molar-refractivity contribution < 1.29 is 24.2 Å². The Morgan fingerprint density at radius 2 is 2.00 bits per heavy atom. The molecule has 0 radical (unpaired) electrons. The summed E-state index contributed by atoms with van der Waals surface area (Å²) in [7, 11) is 0. The van der Waals surface area contributed by atoms with Gasteiger partial charge in [-0.15, -0.1) is 0 Å². The molecule has 1 aromatic carbocycles. The third-order valence-corrected chi connectivity index (χ3v) is 4.62. The minimum Gasteiger partial charge on any atom is -0.480 e. The van der Waals surface area contributed by atoms with Crippen LogP contribution in [-0.2, 0) is 14.4 Å². The monoisotopic (exact) mass is 332 g/mol. The summed E-state index contributed by atoms with van der Waals surface area (Å²) in [6.07, 6.45) is 1.68. The van der Waals surface area contributed by atoms with Gasteiger partial charge in [-0.25, -0.2) is 4.79 Å². The predicted octanol–water partition coefficient (Wildman–Crippen LogP) is 1.31. The van der Waals surface area contributed by atoms with Crippen LogP contribution in [0.5, 0.6) is 5.75 Å². The van der Waals surface area contributed by atoms with Gasteiger partial charge >= 0.3 is 5.97 Å². The fourth-order valence-electron chi connectivity index (χ4n) is 3.34. The van der Waals surface area contributed by atoms with Gasteiger partial charge in [-0.3, -0.25) is 14.5 Å². The third kappa shape index (κ3) is 2.81. The summed E-state index contributed by atoms with van der Waals surface area (Å²) in [5, 5.41) is 12.1. The van der Waals surface area contributed by atoms with Crippen molar-refractivity contribution in [3.63, 3.8) is 0 Å². The third-order valence-electron chi connectivity index (χ3n) is 4.62. The van der Waals surface area contributed by atoms with E-state index in [1.165, 1.54) is 4.90 Å². The van der Waals surface area contributed by atoms with E-state index in [1.54, 1.807) is 31.2 Å². The number of anilines is 1. The highest BCUT2D eigenvalue weighted by molar-refractivity contribution is 6.04. The van der Waals surface area contributed by atoms with E-state index in [1.807, 2.05) is 0 Å². The molecule has 7 heteroatoms. The summed E-state index contributed by atoms with van der Waals surface area (Å²) in [4.78, 5) is 37.7. The Morgan fingerprint density at radius 3 is 2.67 bits per heavy atom. The average Bonchev–Trinajstić information content (AvgIpc) is 3.01. The maximum Gasteiger partial charge on any atom is 0.329 e. The summed E-state index contributed by atoms with van der Waals surface area (Å²) >= 11 is 0. The van der Waals surface area contributed by atoms with Crippen molar-refractivity contribution in [1.82, 2.24) is 5.32 Å². The highest BCUT2D eigenvalue weighted by Crippen LogP contribution is 2.34. The van der Waals surface area contributed by atoms with Crippen molar-refractivity contribution in [2.24, 2.45) is 0 Å². The van der Waals surface area contributed by atoms with Crippen LogP contribution in [0.3, 0.4) is 0 Å². The molecule has 1 aromatic rings. The van der Waals surface area contributed by atoms with Crippen molar-refractivity contribution in [3.8, 4) is 5.75 Å². The molecular formula is C17H20N2O5. The first kappa shape index (κ1) is 16.3. The summed E-state index contributed by atoms with van der Waals surface area (Å²) in [6, 6.07) is 6.98. The highest BCUT2D eigenvalue weighted by atomic mass is 16.5. The lowest BCUT2D eigenvalue weighted by Gasteiger charge is -2.33. The minimum absolute atomic E-state index is 0.224. The SMILES string of the molecule is CC1Oc2ccccc2N(CC(=O)NC2(C(=O)O)CCCC2)C1=O. The number of nitrogens with zero attached hydrogens (tertiary/aromatic N) is 1. The number of amides is 2. The smallest absolute Gasteiger partial charge is 0.329 e. The molecule has 0 saturated heterocycles. The molecule has 3 rings (SSSR count). The van der Waals surface area contributed by atoms with E-state index in [4.69, 9.17) is 4.74 Å². The van der Waals surface area contributed by atoms with Crippen molar-refractivity contribution >= 4 is 23.5 Å². The predicted molar refractivity (Wildman–Crippen MR) is 85.9 cm³/mol. The van der Waals surface area contributed by atoms with Crippen LogP contribution in [0.25, 0.3) is 0 Å². The molecule has 2 amide bonds. The number of hydrogen-bond donors (Lipinski definition) is 2. The van der Waals surface area contributed by atoms with Crippen LogP contribution in [0.4, 0.5) is 5.69 Å². The molecule has 0 aromatic heterocycles. The fraction of sp³-hybridized carbons (Fsp3) is 0.471. The van der Waals surface area contributed by atoms with Crippen LogP contribution in [0.2, 0.25) is 0 Å². The van der Waals surface area contributed by atoms with Crippen molar-refractivity contribution in [1.29, 1.82) is 0 Å². The standard InChI is InChI=1S/C17H20N2O5/c1-11-15(21)19(12-6-2-3-7-13(12)24-11)10-14(20)18-17(16(22)23)8-4-5-9-17/h2-3,6-7,11H,4-5,8-10H2,1H3,(H,18,20)(H,22,23). The van der Waals surface area contributed by atoms with E-state index < -0.39 is 23.5 Å². The Kier molecular flexibility index (Phi) is 4.17. The largest absolute Gasteiger partial charge is 0.480 e. The van der Waals surface area contributed by atoms with E-state index in [-0.39, 0.29) is 12.5 Å². The van der Waals surface area contributed by atoms with Crippen LogP contribution >= 0.6 is 0 Å². The molecule has 0 spiro atoms. The molecule has 0 bridgehead atoms. The number of carboxylic acids is 1. The summed E-state index contributed by atoms with van der Waals surface area (Å²) < 4.78 is 5.53. The number of carbonyl (C=O) groups excluding carboxylic acids is 2. The molecule has 7 nitrogen and oxygen atoms in total. The van der Waals surface area contributed by atoms with Crippen LogP contribution in [0.15, 0.2) is 24.3 Å². The zero-order valence-electron chi connectivity index (χ0n) is 13.4. The minimum atomic E-state index is -1.21. The topological polar surface area (TPSA) is 95.9 Å². The van der Waals surface area contributed by atoms with Crippen molar-refractivity contribution in [2.45, 2.75) is 44.2 Å². The molecular weight excluding hydrogens is 312 g/mol. The Labute approximate surface area is 139 Å². The van der Waals surface area contributed by atoms with Gasteiger partial charge < -0.3 is 15.2 Å². The first-order valence-corrected chi connectivity index (χ1v) is 8.04. The Hall–Kier alpha value is -2.57. The van der Waals surface area contributed by atoms with Gasteiger partial charge in [-0.05, 0) is 31.9 Å². The molecule has 2 aliphatic rings. The van der Waals surface area contributed by atoms with Gasteiger partial charge in [0.1, 0.15) is 17.8 Å². The van der Waals surface area contributed by atoms with Crippen LogP contribution in [-0.4, -0.2) is 41.1 Å². The number of ether oxygens (including phenoxy) is 1. The number of carboxylic acid groups (broad SMARTS) is 1. The number of rotatable bonds is 4. The summed E-state index contributed by atoms with van der Waals surface area (Å²) in [6.45, 7) is 1.40. The van der Waals surface area contributed by atoms with Gasteiger partial charge in [0.15, 0.2) is 6.10 Å². The lowest BCUT2D eigenvalue weighted by molar-refractivity contribution is -0.147. The number of aliphatic carboxylic acids is 1. The molecule has 1 atom stereocenters. The molecule has 128 valence electrons. The number of benzene rings is 1. The van der Waals surface area contributed by atoms with Gasteiger partial charge in [0.25, 0.3) is 5.91 Å². The number of nitrogens with one attached hydrogen (secondary N) is 1. The van der Waals surface area contributed by atoms with Gasteiger partial charge in [0, 0.05) is 0 Å². The maximum atomic E-state index is 12.4. The Balaban J connectivity index is 1.78. The molecule has 1 aliphatic heterocycles. The normalized spacial score (nSPS) is 21.8. The number of carbonyl (C=O) groups is 3. The Bertz CT molecular complexity index is 681. The van der Waals surface area contributed by atoms with E-state index in [9.17, 15) is 19.5 Å². The van der Waals surface area contributed by atoms with Crippen LogP contribution < -0.4 is 15.0 Å². The highest BCUT2D eigenvalue weighted by Gasteiger charge is 2.43. The van der Waals surface area contributed by atoms with Gasteiger partial charge in [-0.1, -0.05) is 25.0 Å².